The van der Waals surface area contributed by atoms with Gasteiger partial charge in [0.1, 0.15) is 24.8 Å². The lowest BCUT2D eigenvalue weighted by Gasteiger charge is -2.19. The Morgan fingerprint density at radius 1 is 0.864 bits per heavy atom. The van der Waals surface area contributed by atoms with Crippen LogP contribution in [0.1, 0.15) is 0 Å². The van der Waals surface area contributed by atoms with Crippen LogP contribution in [0.15, 0.2) is 36.4 Å². The van der Waals surface area contributed by atoms with E-state index < -0.39 is 11.6 Å². The van der Waals surface area contributed by atoms with Gasteiger partial charge in [0.25, 0.3) is 0 Å². The molecule has 1 aliphatic rings. The molecule has 0 amide bonds. The first-order chi connectivity index (χ1) is 10.6. The highest BCUT2D eigenvalue weighted by molar-refractivity contribution is 7.80. The maximum atomic E-state index is 13.1. The van der Waals surface area contributed by atoms with Crippen LogP contribution in [0.2, 0.25) is 0 Å². The Balaban J connectivity index is 1.69. The number of nitrogens with one attached hydrogen (secondary N) is 2. The summed E-state index contributed by atoms with van der Waals surface area (Å²) in [6.45, 7) is 1.01. The van der Waals surface area contributed by atoms with Gasteiger partial charge in [-0.2, -0.15) is 0 Å². The number of hydrogen-bond acceptors (Lipinski definition) is 3. The number of anilines is 2. The van der Waals surface area contributed by atoms with Crippen LogP contribution in [0.4, 0.5) is 20.2 Å². The molecule has 0 radical (unpaired) electrons. The molecule has 2 aromatic rings. The van der Waals surface area contributed by atoms with E-state index in [0.717, 1.165) is 18.2 Å². The SMILES string of the molecule is Fc1cc(F)cc(NC(=S)Nc2ccc3c(c2)OCCO3)c1. The van der Waals surface area contributed by atoms with Gasteiger partial charge in [0, 0.05) is 23.5 Å². The van der Waals surface area contributed by atoms with Crippen LogP contribution in [0.25, 0.3) is 0 Å². The summed E-state index contributed by atoms with van der Waals surface area (Å²) in [5, 5.41) is 5.85. The van der Waals surface area contributed by atoms with Crippen molar-refractivity contribution in [2.75, 3.05) is 23.8 Å². The van der Waals surface area contributed by atoms with Crippen LogP contribution in [0, 0.1) is 11.6 Å². The summed E-state index contributed by atoms with van der Waals surface area (Å²) < 4.78 is 37.1. The summed E-state index contributed by atoms with van der Waals surface area (Å²) in [5.74, 6) is -0.0620. The lowest BCUT2D eigenvalue weighted by Crippen LogP contribution is -2.20. The molecule has 0 bridgehead atoms. The zero-order valence-electron chi connectivity index (χ0n) is 11.4. The smallest absolute Gasteiger partial charge is 0.175 e. The van der Waals surface area contributed by atoms with Gasteiger partial charge in [0.15, 0.2) is 16.6 Å². The molecule has 0 fully saturated rings. The number of rotatable bonds is 2. The standard InChI is InChI=1S/C15H12F2N2O2S/c16-9-5-10(17)7-12(6-9)19-15(22)18-11-1-2-13-14(8-11)21-4-3-20-13/h1-2,5-8H,3-4H2,(H2,18,19,22). The van der Waals surface area contributed by atoms with E-state index in [2.05, 4.69) is 10.6 Å². The van der Waals surface area contributed by atoms with Crippen molar-refractivity contribution in [2.45, 2.75) is 0 Å². The first-order valence-corrected chi connectivity index (χ1v) is 6.95. The van der Waals surface area contributed by atoms with E-state index >= 15 is 0 Å². The predicted molar refractivity (Wildman–Crippen MR) is 83.6 cm³/mol. The molecule has 0 aromatic heterocycles. The molecule has 7 heteroatoms. The van der Waals surface area contributed by atoms with Gasteiger partial charge in [-0.1, -0.05) is 0 Å². The zero-order chi connectivity index (χ0) is 15.5. The Kier molecular flexibility index (Phi) is 4.06. The number of benzene rings is 2. The van der Waals surface area contributed by atoms with E-state index in [1.807, 2.05) is 0 Å². The third-order valence-corrected chi connectivity index (χ3v) is 3.12. The third kappa shape index (κ3) is 3.43. The average molecular weight is 322 g/mol. The van der Waals surface area contributed by atoms with Crippen LogP contribution >= 0.6 is 12.2 Å². The second kappa shape index (κ2) is 6.15. The highest BCUT2D eigenvalue weighted by Crippen LogP contribution is 2.32. The molecule has 0 atom stereocenters. The highest BCUT2D eigenvalue weighted by Gasteiger charge is 2.12. The van der Waals surface area contributed by atoms with Gasteiger partial charge in [-0.15, -0.1) is 0 Å². The molecule has 3 rings (SSSR count). The second-order valence-electron chi connectivity index (χ2n) is 4.60. The molecule has 1 heterocycles. The summed E-state index contributed by atoms with van der Waals surface area (Å²) in [7, 11) is 0. The van der Waals surface area contributed by atoms with Crippen LogP contribution in [0.3, 0.4) is 0 Å². The summed E-state index contributed by atoms with van der Waals surface area (Å²) in [6, 6.07) is 8.38. The first-order valence-electron chi connectivity index (χ1n) is 6.54. The molecule has 1 aliphatic heterocycles. The zero-order valence-corrected chi connectivity index (χ0v) is 12.2. The number of ether oxygens (including phenoxy) is 2. The quantitative estimate of drug-likeness (QED) is 0.828. The van der Waals surface area contributed by atoms with E-state index in [1.165, 1.54) is 0 Å². The molecule has 114 valence electrons. The number of fused-ring (bicyclic) bond motifs is 1. The van der Waals surface area contributed by atoms with Crippen molar-refractivity contribution in [1.82, 2.24) is 0 Å². The molecule has 2 aromatic carbocycles. The van der Waals surface area contributed by atoms with Crippen molar-refractivity contribution >= 4 is 28.7 Å². The summed E-state index contributed by atoms with van der Waals surface area (Å²) in [5.41, 5.74) is 0.908. The van der Waals surface area contributed by atoms with Crippen molar-refractivity contribution in [3.8, 4) is 11.5 Å². The van der Waals surface area contributed by atoms with E-state index in [-0.39, 0.29) is 10.8 Å². The van der Waals surface area contributed by atoms with Gasteiger partial charge >= 0.3 is 0 Å². The Morgan fingerprint density at radius 3 is 2.23 bits per heavy atom. The largest absolute Gasteiger partial charge is 0.486 e. The predicted octanol–water partition coefficient (Wildman–Crippen LogP) is 3.54. The molecule has 2 N–H and O–H groups in total. The maximum Gasteiger partial charge on any atom is 0.175 e. The van der Waals surface area contributed by atoms with E-state index in [9.17, 15) is 8.78 Å². The molecule has 0 spiro atoms. The van der Waals surface area contributed by atoms with Gasteiger partial charge in [-0.25, -0.2) is 8.78 Å². The van der Waals surface area contributed by atoms with Gasteiger partial charge < -0.3 is 20.1 Å². The van der Waals surface area contributed by atoms with Gasteiger partial charge in [-0.05, 0) is 36.5 Å². The molecule has 4 nitrogen and oxygen atoms in total. The van der Waals surface area contributed by atoms with E-state index in [4.69, 9.17) is 21.7 Å². The van der Waals surface area contributed by atoms with Crippen LogP contribution in [0.5, 0.6) is 11.5 Å². The van der Waals surface area contributed by atoms with E-state index in [0.29, 0.717) is 30.4 Å². The number of thiocarbonyl (C=S) groups is 1. The van der Waals surface area contributed by atoms with Crippen LogP contribution < -0.4 is 20.1 Å². The topological polar surface area (TPSA) is 42.5 Å². The van der Waals surface area contributed by atoms with E-state index in [1.54, 1.807) is 18.2 Å². The maximum absolute atomic E-state index is 13.1. The fourth-order valence-corrected chi connectivity index (χ4v) is 2.28. The molecule has 0 unspecified atom stereocenters. The molecular weight excluding hydrogens is 310 g/mol. The summed E-state index contributed by atoms with van der Waals surface area (Å²) in [6.07, 6.45) is 0. The summed E-state index contributed by atoms with van der Waals surface area (Å²) >= 11 is 5.12. The minimum Gasteiger partial charge on any atom is -0.486 e. The molecule has 0 saturated carbocycles. The van der Waals surface area contributed by atoms with Crippen molar-refractivity contribution in [1.29, 1.82) is 0 Å². The fraction of sp³-hybridized carbons (Fsp3) is 0.133. The minimum atomic E-state index is -0.676. The Hall–Kier alpha value is -2.41. The minimum absolute atomic E-state index is 0.210. The lowest BCUT2D eigenvalue weighted by atomic mass is 10.2. The Morgan fingerprint density at radius 2 is 1.50 bits per heavy atom. The van der Waals surface area contributed by atoms with Crippen molar-refractivity contribution < 1.29 is 18.3 Å². The number of hydrogen-bond donors (Lipinski definition) is 2. The number of halogens is 2. The molecular formula is C15H12F2N2O2S. The first kappa shape index (κ1) is 14.5. The monoisotopic (exact) mass is 322 g/mol. The van der Waals surface area contributed by atoms with Crippen LogP contribution in [-0.2, 0) is 0 Å². The van der Waals surface area contributed by atoms with Crippen molar-refractivity contribution in [3.63, 3.8) is 0 Å². The lowest BCUT2D eigenvalue weighted by molar-refractivity contribution is 0.171. The Labute approximate surface area is 131 Å². The average Bonchev–Trinajstić information content (AvgIpc) is 2.45. The van der Waals surface area contributed by atoms with Gasteiger partial charge in [0.2, 0.25) is 0 Å². The van der Waals surface area contributed by atoms with Crippen molar-refractivity contribution in [2.24, 2.45) is 0 Å². The van der Waals surface area contributed by atoms with Crippen molar-refractivity contribution in [3.05, 3.63) is 48.0 Å². The molecule has 22 heavy (non-hydrogen) atoms. The van der Waals surface area contributed by atoms with Gasteiger partial charge in [0.05, 0.1) is 0 Å². The summed E-state index contributed by atoms with van der Waals surface area (Å²) in [4.78, 5) is 0. The Bertz CT molecular complexity index is 704. The highest BCUT2D eigenvalue weighted by atomic mass is 32.1. The molecule has 0 saturated heterocycles. The molecule has 0 aliphatic carbocycles. The normalized spacial score (nSPS) is 12.6. The van der Waals surface area contributed by atoms with Gasteiger partial charge in [-0.3, -0.25) is 0 Å². The fourth-order valence-electron chi connectivity index (χ4n) is 2.04. The third-order valence-electron chi connectivity index (χ3n) is 2.92. The second-order valence-corrected chi connectivity index (χ2v) is 5.00. The van der Waals surface area contributed by atoms with Crippen LogP contribution in [-0.4, -0.2) is 18.3 Å².